The number of ether oxygens (including phenoxy) is 1. The zero-order valence-electron chi connectivity index (χ0n) is 14.4. The first-order valence-corrected chi connectivity index (χ1v) is 9.15. The fourth-order valence-corrected chi connectivity index (χ4v) is 3.84. The Bertz CT molecular complexity index is 730. The van der Waals surface area contributed by atoms with Crippen molar-refractivity contribution in [1.29, 1.82) is 0 Å². The van der Waals surface area contributed by atoms with E-state index in [0.29, 0.717) is 11.8 Å². The van der Waals surface area contributed by atoms with Gasteiger partial charge < -0.3 is 9.64 Å². The van der Waals surface area contributed by atoms with Crippen molar-refractivity contribution in [2.24, 2.45) is 0 Å². The zero-order valence-corrected chi connectivity index (χ0v) is 15.2. The highest BCUT2D eigenvalue weighted by atomic mass is 32.2. The number of para-hydroxylation sites is 2. The van der Waals surface area contributed by atoms with E-state index in [2.05, 4.69) is 9.97 Å². The quantitative estimate of drug-likeness (QED) is 0.819. The van der Waals surface area contributed by atoms with Crippen LogP contribution in [0.1, 0.15) is 33.6 Å². The fourth-order valence-electron chi connectivity index (χ4n) is 2.69. The Morgan fingerprint density at radius 3 is 2.79 bits per heavy atom. The van der Waals surface area contributed by atoms with Crippen molar-refractivity contribution in [3.63, 3.8) is 0 Å². The van der Waals surface area contributed by atoms with Crippen molar-refractivity contribution in [1.82, 2.24) is 14.9 Å². The van der Waals surface area contributed by atoms with Crippen LogP contribution in [0.15, 0.2) is 35.5 Å². The molecule has 1 atom stereocenters. The highest BCUT2D eigenvalue weighted by Gasteiger charge is 2.28. The number of benzene rings is 1. The Balaban J connectivity index is 1.65. The van der Waals surface area contributed by atoms with Crippen molar-refractivity contribution >= 4 is 28.9 Å². The van der Waals surface area contributed by atoms with Gasteiger partial charge in [-0.3, -0.25) is 4.98 Å². The molecule has 1 aromatic heterocycles. The number of aromatic nitrogens is 2. The van der Waals surface area contributed by atoms with E-state index >= 15 is 0 Å². The van der Waals surface area contributed by atoms with E-state index in [1.165, 1.54) is 0 Å². The second-order valence-electron chi connectivity index (χ2n) is 7.01. The lowest BCUT2D eigenvalue weighted by Crippen LogP contribution is -2.43. The minimum absolute atomic E-state index is 0.225. The maximum atomic E-state index is 12.3. The van der Waals surface area contributed by atoms with Crippen LogP contribution in [-0.4, -0.2) is 44.9 Å². The summed E-state index contributed by atoms with van der Waals surface area (Å²) >= 11 is 1.70. The van der Waals surface area contributed by atoms with E-state index < -0.39 is 5.60 Å². The van der Waals surface area contributed by atoms with Crippen LogP contribution >= 0.6 is 11.8 Å². The van der Waals surface area contributed by atoms with Crippen LogP contribution in [0.25, 0.3) is 11.0 Å². The number of likely N-dealkylation sites (tertiary alicyclic amines) is 1. The van der Waals surface area contributed by atoms with Gasteiger partial charge in [-0.2, -0.15) is 0 Å². The first-order valence-electron chi connectivity index (χ1n) is 8.27. The molecule has 24 heavy (non-hydrogen) atoms. The van der Waals surface area contributed by atoms with Crippen LogP contribution in [-0.2, 0) is 4.74 Å². The number of carbonyl (C=O) groups is 1. The molecule has 2 aromatic rings. The number of hydrogen-bond donors (Lipinski definition) is 0. The fraction of sp³-hybridized carbons (Fsp3) is 0.500. The molecule has 1 unspecified atom stereocenters. The summed E-state index contributed by atoms with van der Waals surface area (Å²) in [5.41, 5.74) is 1.35. The van der Waals surface area contributed by atoms with Crippen molar-refractivity contribution < 1.29 is 9.53 Å². The number of hydrogen-bond acceptors (Lipinski definition) is 5. The Morgan fingerprint density at radius 1 is 1.29 bits per heavy atom. The number of thioether (sulfide) groups is 1. The average Bonchev–Trinajstić information content (AvgIpc) is 2.53. The maximum absolute atomic E-state index is 12.3. The molecule has 0 N–H and O–H groups in total. The summed E-state index contributed by atoms with van der Waals surface area (Å²) in [5.74, 6) is 0. The smallest absolute Gasteiger partial charge is 0.410 e. The maximum Gasteiger partial charge on any atom is 0.410 e. The molecule has 0 aliphatic carbocycles. The number of piperidine rings is 1. The first kappa shape index (κ1) is 17.0. The second kappa shape index (κ2) is 6.97. The van der Waals surface area contributed by atoms with Crippen LogP contribution in [0.4, 0.5) is 4.79 Å². The minimum Gasteiger partial charge on any atom is -0.444 e. The summed E-state index contributed by atoms with van der Waals surface area (Å²) in [5, 5.41) is 1.23. The number of amides is 1. The van der Waals surface area contributed by atoms with Gasteiger partial charge >= 0.3 is 6.09 Å². The molecule has 1 amide bonds. The summed E-state index contributed by atoms with van der Waals surface area (Å²) in [6.07, 6.45) is 3.65. The van der Waals surface area contributed by atoms with Gasteiger partial charge in [0, 0.05) is 18.3 Å². The lowest BCUT2D eigenvalue weighted by Gasteiger charge is -2.33. The Hall–Kier alpha value is -1.82. The number of carbonyl (C=O) groups excluding carboxylic acids is 1. The summed E-state index contributed by atoms with van der Waals surface area (Å²) in [6, 6.07) is 7.86. The molecule has 1 saturated heterocycles. The average molecular weight is 345 g/mol. The molecular formula is C18H23N3O2S. The van der Waals surface area contributed by atoms with Gasteiger partial charge in [0.1, 0.15) is 10.6 Å². The summed E-state index contributed by atoms with van der Waals surface area (Å²) in [6.45, 7) is 7.13. The molecule has 1 aliphatic rings. The van der Waals surface area contributed by atoms with Gasteiger partial charge in [0.05, 0.1) is 17.2 Å². The van der Waals surface area contributed by atoms with Crippen LogP contribution in [0, 0.1) is 0 Å². The highest BCUT2D eigenvalue weighted by molar-refractivity contribution is 7.99. The van der Waals surface area contributed by atoms with E-state index in [0.717, 1.165) is 35.4 Å². The lowest BCUT2D eigenvalue weighted by molar-refractivity contribution is 0.0220. The predicted molar refractivity (Wildman–Crippen MR) is 96.2 cm³/mol. The SMILES string of the molecule is CC(C)(C)OC(=O)N1CCCC(Sc2cnc3ccccc3n2)C1. The highest BCUT2D eigenvalue weighted by Crippen LogP contribution is 2.29. The van der Waals surface area contributed by atoms with Gasteiger partial charge in [0.25, 0.3) is 0 Å². The standard InChI is InChI=1S/C18H23N3O2S/c1-18(2,3)23-17(22)21-10-6-7-13(12-21)24-16-11-19-14-8-4-5-9-15(14)20-16/h4-5,8-9,11,13H,6-7,10,12H2,1-3H3. The van der Waals surface area contributed by atoms with Crippen LogP contribution in [0.5, 0.6) is 0 Å². The second-order valence-corrected chi connectivity index (χ2v) is 8.33. The molecular weight excluding hydrogens is 322 g/mol. The Kier molecular flexibility index (Phi) is 4.94. The molecule has 1 aliphatic heterocycles. The molecule has 6 heteroatoms. The Labute approximate surface area is 146 Å². The van der Waals surface area contributed by atoms with E-state index in [1.54, 1.807) is 16.7 Å². The van der Waals surface area contributed by atoms with Gasteiger partial charge in [0.15, 0.2) is 0 Å². The van der Waals surface area contributed by atoms with E-state index in [4.69, 9.17) is 4.74 Å². The van der Waals surface area contributed by atoms with Crippen molar-refractivity contribution in [2.45, 2.75) is 49.5 Å². The lowest BCUT2D eigenvalue weighted by atomic mass is 10.1. The van der Waals surface area contributed by atoms with E-state index in [-0.39, 0.29) is 6.09 Å². The van der Waals surface area contributed by atoms with Crippen LogP contribution < -0.4 is 0 Å². The van der Waals surface area contributed by atoms with E-state index in [1.807, 2.05) is 51.2 Å². The molecule has 1 fully saturated rings. The molecule has 128 valence electrons. The third-order valence-corrected chi connectivity index (χ3v) is 4.90. The van der Waals surface area contributed by atoms with Gasteiger partial charge in [-0.15, -0.1) is 0 Å². The summed E-state index contributed by atoms with van der Waals surface area (Å²) < 4.78 is 5.48. The molecule has 5 nitrogen and oxygen atoms in total. The molecule has 0 saturated carbocycles. The summed E-state index contributed by atoms with van der Waals surface area (Å²) in [4.78, 5) is 23.2. The number of rotatable bonds is 2. The van der Waals surface area contributed by atoms with Crippen LogP contribution in [0.2, 0.25) is 0 Å². The van der Waals surface area contributed by atoms with Crippen LogP contribution in [0.3, 0.4) is 0 Å². The normalized spacial score (nSPS) is 18.6. The first-order chi connectivity index (χ1) is 11.4. The van der Waals surface area contributed by atoms with Crippen molar-refractivity contribution in [3.8, 4) is 0 Å². The molecule has 0 spiro atoms. The monoisotopic (exact) mass is 345 g/mol. The molecule has 0 radical (unpaired) electrons. The van der Waals surface area contributed by atoms with Gasteiger partial charge in [-0.05, 0) is 45.7 Å². The number of fused-ring (bicyclic) bond motifs is 1. The topological polar surface area (TPSA) is 55.3 Å². The molecule has 0 bridgehead atoms. The minimum atomic E-state index is -0.457. The van der Waals surface area contributed by atoms with Gasteiger partial charge in [0.2, 0.25) is 0 Å². The van der Waals surface area contributed by atoms with Crippen molar-refractivity contribution in [3.05, 3.63) is 30.5 Å². The molecule has 3 rings (SSSR count). The third kappa shape index (κ3) is 4.38. The number of nitrogens with zero attached hydrogens (tertiary/aromatic N) is 3. The predicted octanol–water partition coefficient (Wildman–Crippen LogP) is 4.12. The summed E-state index contributed by atoms with van der Waals surface area (Å²) in [7, 11) is 0. The van der Waals surface area contributed by atoms with E-state index in [9.17, 15) is 4.79 Å². The molecule has 2 heterocycles. The largest absolute Gasteiger partial charge is 0.444 e. The van der Waals surface area contributed by atoms with Gasteiger partial charge in [-0.1, -0.05) is 23.9 Å². The third-order valence-electron chi connectivity index (χ3n) is 3.74. The van der Waals surface area contributed by atoms with Crippen molar-refractivity contribution in [2.75, 3.05) is 13.1 Å². The Morgan fingerprint density at radius 2 is 2.04 bits per heavy atom. The van der Waals surface area contributed by atoms with Gasteiger partial charge in [-0.25, -0.2) is 9.78 Å². The zero-order chi connectivity index (χ0) is 17.2. The molecule has 1 aromatic carbocycles.